The number of furan rings is 1. The number of halogens is 6. The minimum atomic E-state index is -4.85. The highest BCUT2D eigenvalue weighted by molar-refractivity contribution is 7.97. The van der Waals surface area contributed by atoms with Gasteiger partial charge in [0, 0.05) is 5.69 Å². The molecule has 0 aliphatic carbocycles. The summed E-state index contributed by atoms with van der Waals surface area (Å²) in [6.45, 7) is 5.01. The molecule has 0 radical (unpaired) electrons. The monoisotopic (exact) mass is 408 g/mol. The summed E-state index contributed by atoms with van der Waals surface area (Å²) in [6.07, 6.45) is -7.66. The molecule has 0 unspecified atom stereocenters. The normalized spacial score (nSPS) is 12.1. The lowest BCUT2D eigenvalue weighted by atomic mass is 10.1. The van der Waals surface area contributed by atoms with Gasteiger partial charge in [-0.3, -0.25) is 0 Å². The van der Waals surface area contributed by atoms with Gasteiger partial charge in [0.05, 0.1) is 24.4 Å². The molecule has 0 amide bonds. The maximum Gasteiger partial charge on any atom is 0.407 e. The Morgan fingerprint density at radius 1 is 1.07 bits per heavy atom. The van der Waals surface area contributed by atoms with Crippen LogP contribution >= 0.6 is 11.8 Å². The Bertz CT molecular complexity index is 822. The van der Waals surface area contributed by atoms with E-state index >= 15 is 0 Å². The van der Waals surface area contributed by atoms with Gasteiger partial charge < -0.3 is 9.32 Å². The number of alkyl halides is 6. The lowest BCUT2D eigenvalue weighted by Gasteiger charge is -2.26. The summed E-state index contributed by atoms with van der Waals surface area (Å²) < 4.78 is 83.7. The van der Waals surface area contributed by atoms with Gasteiger partial charge in [-0.25, -0.2) is 4.85 Å². The highest BCUT2D eigenvalue weighted by Crippen LogP contribution is 2.39. The zero-order valence-electron chi connectivity index (χ0n) is 14.0. The van der Waals surface area contributed by atoms with Gasteiger partial charge in [-0.05, 0) is 30.5 Å². The van der Waals surface area contributed by atoms with E-state index in [1.165, 1.54) is 17.8 Å². The molecular formula is C17H14F6N2OS. The topological polar surface area (TPSA) is 20.7 Å². The minimum Gasteiger partial charge on any atom is -0.463 e. The van der Waals surface area contributed by atoms with Gasteiger partial charge in [-0.1, -0.05) is 6.07 Å². The molecule has 0 aliphatic heterocycles. The Labute approximate surface area is 155 Å². The molecule has 1 heterocycles. The molecule has 0 spiro atoms. The third-order valence-electron chi connectivity index (χ3n) is 3.49. The Hall–Kier alpha value is -2.28. The average Bonchev–Trinajstić information content (AvgIpc) is 2.99. The van der Waals surface area contributed by atoms with Crippen LogP contribution in [0, 0.1) is 6.57 Å². The lowest BCUT2D eigenvalue weighted by molar-refractivity contribution is -0.136. The smallest absolute Gasteiger partial charge is 0.407 e. The maximum atomic E-state index is 13.1. The number of benzene rings is 1. The van der Waals surface area contributed by atoms with E-state index in [1.807, 2.05) is 6.26 Å². The van der Waals surface area contributed by atoms with Crippen LogP contribution in [-0.4, -0.2) is 19.0 Å². The number of nitrogens with zero attached hydrogens (tertiary/aromatic N) is 2. The predicted molar refractivity (Wildman–Crippen MR) is 90.7 cm³/mol. The first-order valence-corrected chi connectivity index (χ1v) is 8.90. The summed E-state index contributed by atoms with van der Waals surface area (Å²) in [6, 6.07) is 5.61. The largest absolute Gasteiger partial charge is 0.463 e. The van der Waals surface area contributed by atoms with Crippen LogP contribution in [0.5, 0.6) is 0 Å². The van der Waals surface area contributed by atoms with Crippen LogP contribution in [0.4, 0.5) is 37.7 Å². The molecule has 3 nitrogen and oxygen atoms in total. The fourth-order valence-corrected chi connectivity index (χ4v) is 2.86. The molecule has 0 atom stereocenters. The molecule has 10 heteroatoms. The highest BCUT2D eigenvalue weighted by Gasteiger charge is 2.36. The number of rotatable bonds is 6. The van der Waals surface area contributed by atoms with Crippen LogP contribution in [0.25, 0.3) is 4.85 Å². The first-order valence-electron chi connectivity index (χ1n) is 7.50. The standard InChI is InChI=1S/C17H14F6N2OS/c1-24-15-6-3-11(7-14(15)17(21,22)23)25(10-16(18,19)20)8-12-4-5-13(26-12)9-27-2/h3-7H,8-10H2,2H3. The Morgan fingerprint density at radius 2 is 1.74 bits per heavy atom. The van der Waals surface area contributed by atoms with E-state index in [2.05, 4.69) is 4.85 Å². The summed E-state index contributed by atoms with van der Waals surface area (Å²) in [7, 11) is 0. The van der Waals surface area contributed by atoms with Crippen molar-refractivity contribution in [1.29, 1.82) is 0 Å². The van der Waals surface area contributed by atoms with Crippen LogP contribution in [0.1, 0.15) is 17.1 Å². The molecule has 2 aromatic rings. The third-order valence-corrected chi connectivity index (χ3v) is 4.07. The average molecular weight is 408 g/mol. The number of hydrogen-bond donors (Lipinski definition) is 0. The molecule has 2 rings (SSSR count). The van der Waals surface area contributed by atoms with Crippen LogP contribution < -0.4 is 4.90 Å². The fraction of sp³-hybridized carbons (Fsp3) is 0.353. The van der Waals surface area contributed by atoms with Crippen molar-refractivity contribution < 1.29 is 30.8 Å². The second-order valence-electron chi connectivity index (χ2n) is 5.58. The van der Waals surface area contributed by atoms with Gasteiger partial charge in [0.25, 0.3) is 0 Å². The third kappa shape index (κ3) is 5.85. The van der Waals surface area contributed by atoms with Crippen molar-refractivity contribution in [2.45, 2.75) is 24.7 Å². The van der Waals surface area contributed by atoms with Gasteiger partial charge in [-0.15, -0.1) is 0 Å². The summed E-state index contributed by atoms with van der Waals surface area (Å²) in [4.78, 5) is 3.53. The molecule has 0 fully saturated rings. The van der Waals surface area contributed by atoms with Crippen LogP contribution in [0.2, 0.25) is 0 Å². The molecule has 0 N–H and O–H groups in total. The predicted octanol–water partition coefficient (Wildman–Crippen LogP) is 6.28. The van der Waals surface area contributed by atoms with Crippen LogP contribution in [0.15, 0.2) is 34.7 Å². The van der Waals surface area contributed by atoms with Crippen molar-refractivity contribution in [3.63, 3.8) is 0 Å². The van der Waals surface area contributed by atoms with E-state index < -0.39 is 30.1 Å². The summed E-state index contributed by atoms with van der Waals surface area (Å²) in [5.41, 5.74) is -2.24. The van der Waals surface area contributed by atoms with Gasteiger partial charge in [0.1, 0.15) is 18.1 Å². The van der Waals surface area contributed by atoms with E-state index in [1.54, 1.807) is 6.07 Å². The Kier molecular flexibility index (Phi) is 6.36. The van der Waals surface area contributed by atoms with E-state index in [4.69, 9.17) is 11.0 Å². The van der Waals surface area contributed by atoms with E-state index in [0.717, 1.165) is 17.0 Å². The molecule has 27 heavy (non-hydrogen) atoms. The fourth-order valence-electron chi connectivity index (χ4n) is 2.42. The molecule has 146 valence electrons. The van der Waals surface area contributed by atoms with Gasteiger partial charge in [0.15, 0.2) is 5.69 Å². The summed E-state index contributed by atoms with van der Waals surface area (Å²) in [5, 5.41) is 0. The maximum absolute atomic E-state index is 13.1. The van der Waals surface area contributed by atoms with Crippen LogP contribution in [-0.2, 0) is 18.5 Å². The second-order valence-corrected chi connectivity index (χ2v) is 6.45. The van der Waals surface area contributed by atoms with E-state index in [0.29, 0.717) is 17.6 Å². The molecular weight excluding hydrogens is 394 g/mol. The van der Waals surface area contributed by atoms with Crippen LogP contribution in [0.3, 0.4) is 0 Å². The minimum absolute atomic E-state index is 0.200. The van der Waals surface area contributed by atoms with Crippen molar-refractivity contribution in [3.05, 3.63) is 58.8 Å². The Balaban J connectivity index is 2.40. The quantitative estimate of drug-likeness (QED) is 0.415. The van der Waals surface area contributed by atoms with E-state index in [9.17, 15) is 26.3 Å². The van der Waals surface area contributed by atoms with Crippen molar-refractivity contribution in [2.24, 2.45) is 0 Å². The molecule has 0 aliphatic rings. The first-order chi connectivity index (χ1) is 12.5. The number of hydrogen-bond acceptors (Lipinski definition) is 3. The highest BCUT2D eigenvalue weighted by atomic mass is 32.2. The molecule has 0 saturated carbocycles. The van der Waals surface area contributed by atoms with Gasteiger partial charge >= 0.3 is 12.4 Å². The second kappa shape index (κ2) is 8.17. The zero-order chi connectivity index (χ0) is 20.2. The summed E-state index contributed by atoms with van der Waals surface area (Å²) >= 11 is 1.46. The van der Waals surface area contributed by atoms with Gasteiger partial charge in [0.2, 0.25) is 0 Å². The zero-order valence-corrected chi connectivity index (χ0v) is 14.8. The first kappa shape index (κ1) is 21.0. The lowest BCUT2D eigenvalue weighted by Crippen LogP contribution is -2.33. The molecule has 1 aromatic carbocycles. The van der Waals surface area contributed by atoms with Crippen molar-refractivity contribution in [1.82, 2.24) is 0 Å². The Morgan fingerprint density at radius 3 is 2.30 bits per heavy atom. The molecule has 0 bridgehead atoms. The van der Waals surface area contributed by atoms with Gasteiger partial charge in [-0.2, -0.15) is 38.1 Å². The molecule has 1 aromatic heterocycles. The number of anilines is 1. The van der Waals surface area contributed by atoms with Crippen molar-refractivity contribution >= 4 is 23.1 Å². The summed E-state index contributed by atoms with van der Waals surface area (Å²) in [5.74, 6) is 1.28. The number of thioether (sulfide) groups is 1. The SMILES string of the molecule is [C-]#[N+]c1ccc(N(Cc2ccc(CSC)o2)CC(F)(F)F)cc1C(F)(F)F. The van der Waals surface area contributed by atoms with Crippen molar-refractivity contribution in [2.75, 3.05) is 17.7 Å². The van der Waals surface area contributed by atoms with Crippen molar-refractivity contribution in [3.8, 4) is 0 Å². The molecule has 0 saturated heterocycles. The van der Waals surface area contributed by atoms with E-state index in [-0.39, 0.29) is 18.0 Å².